The van der Waals surface area contributed by atoms with Crippen LogP contribution in [0.3, 0.4) is 0 Å². The van der Waals surface area contributed by atoms with Gasteiger partial charge in [0.15, 0.2) is 5.13 Å². The largest absolute Gasteiger partial charge is 0.465 e. The molecule has 1 fully saturated rings. The third kappa shape index (κ3) is 3.41. The van der Waals surface area contributed by atoms with Crippen LogP contribution in [0.4, 0.5) is 5.13 Å². The number of ether oxygens (including phenoxy) is 2. The van der Waals surface area contributed by atoms with Gasteiger partial charge < -0.3 is 19.7 Å². The Morgan fingerprint density at radius 1 is 1.78 bits per heavy atom. The van der Waals surface area contributed by atoms with E-state index in [9.17, 15) is 4.79 Å². The second-order valence-corrected chi connectivity index (χ2v) is 5.19. The first-order valence-electron chi connectivity index (χ1n) is 5.77. The molecule has 0 bridgehead atoms. The molecule has 18 heavy (non-hydrogen) atoms. The van der Waals surface area contributed by atoms with Gasteiger partial charge in [0, 0.05) is 19.6 Å². The summed E-state index contributed by atoms with van der Waals surface area (Å²) in [7, 11) is 3.44. The highest BCUT2D eigenvalue weighted by molar-refractivity contribution is 7.17. The predicted octanol–water partition coefficient (Wildman–Crippen LogP) is 0.672. The van der Waals surface area contributed by atoms with Gasteiger partial charge in [-0.1, -0.05) is 11.3 Å². The highest BCUT2D eigenvalue weighted by Crippen LogP contribution is 2.19. The van der Waals surface area contributed by atoms with E-state index in [1.165, 1.54) is 24.6 Å². The topological polar surface area (TPSA) is 63.7 Å². The lowest BCUT2D eigenvalue weighted by molar-refractivity contribution is -0.0117. The van der Waals surface area contributed by atoms with Crippen molar-refractivity contribution in [2.75, 3.05) is 45.7 Å². The Labute approximate surface area is 110 Å². The molecule has 1 atom stereocenters. The molecule has 1 aromatic rings. The lowest BCUT2D eigenvalue weighted by atomic mass is 10.3. The second kappa shape index (κ2) is 6.12. The molecule has 0 aromatic carbocycles. The van der Waals surface area contributed by atoms with Gasteiger partial charge in [-0.25, -0.2) is 9.78 Å². The number of nitrogens with one attached hydrogen (secondary N) is 1. The molecule has 6 nitrogen and oxygen atoms in total. The van der Waals surface area contributed by atoms with Crippen LogP contribution in [0.2, 0.25) is 0 Å². The van der Waals surface area contributed by atoms with E-state index in [0.717, 1.165) is 19.7 Å². The minimum absolute atomic E-state index is 0.161. The summed E-state index contributed by atoms with van der Waals surface area (Å²) in [4.78, 5) is 18.1. The number of esters is 1. The molecule has 0 aliphatic carbocycles. The molecule has 1 aliphatic heterocycles. The van der Waals surface area contributed by atoms with Crippen LogP contribution in [0.5, 0.6) is 0 Å². The number of carbonyl (C=O) groups is 1. The number of aromatic nitrogens is 1. The van der Waals surface area contributed by atoms with Crippen LogP contribution < -0.4 is 5.32 Å². The summed E-state index contributed by atoms with van der Waals surface area (Å²) >= 11 is 1.29. The molecule has 7 heteroatoms. The summed E-state index contributed by atoms with van der Waals surface area (Å²) in [6, 6.07) is 0. The molecule has 0 amide bonds. The molecule has 0 saturated carbocycles. The standard InChI is InChI=1S/C11H17N3O3S/c1-14-3-4-17-8(7-14)5-12-11-13-6-9(18-11)10(15)16-2/h6,8H,3-5,7H2,1-2H3,(H,12,13). The van der Waals surface area contributed by atoms with E-state index in [4.69, 9.17) is 4.74 Å². The fourth-order valence-corrected chi connectivity index (χ4v) is 2.48. The molecule has 1 unspecified atom stereocenters. The zero-order chi connectivity index (χ0) is 13.0. The summed E-state index contributed by atoms with van der Waals surface area (Å²) in [6.07, 6.45) is 1.68. The molecule has 0 spiro atoms. The number of likely N-dealkylation sites (N-methyl/N-ethyl adjacent to an activating group) is 1. The molecule has 100 valence electrons. The van der Waals surface area contributed by atoms with Gasteiger partial charge in [0.2, 0.25) is 0 Å². The number of methoxy groups -OCH3 is 1. The summed E-state index contributed by atoms with van der Waals surface area (Å²) in [5.41, 5.74) is 0. The summed E-state index contributed by atoms with van der Waals surface area (Å²) in [5, 5.41) is 3.90. The van der Waals surface area contributed by atoms with Crippen LogP contribution in [0.1, 0.15) is 9.67 Å². The van der Waals surface area contributed by atoms with Crippen LogP contribution in [-0.4, -0.2) is 62.4 Å². The molecule has 1 N–H and O–H groups in total. The van der Waals surface area contributed by atoms with Gasteiger partial charge in [0.1, 0.15) is 4.88 Å². The van der Waals surface area contributed by atoms with Crippen LogP contribution >= 0.6 is 11.3 Å². The van der Waals surface area contributed by atoms with Gasteiger partial charge in [-0.05, 0) is 7.05 Å². The van der Waals surface area contributed by atoms with Gasteiger partial charge in [-0.15, -0.1) is 0 Å². The van der Waals surface area contributed by atoms with Crippen LogP contribution in [0.25, 0.3) is 0 Å². The van der Waals surface area contributed by atoms with Gasteiger partial charge in [-0.3, -0.25) is 0 Å². The Morgan fingerprint density at radius 3 is 3.33 bits per heavy atom. The fourth-order valence-electron chi connectivity index (χ4n) is 1.74. The number of hydrogen-bond donors (Lipinski definition) is 1. The van der Waals surface area contributed by atoms with E-state index in [1.807, 2.05) is 0 Å². The Hall–Kier alpha value is -1.18. The number of nitrogens with zero attached hydrogens (tertiary/aromatic N) is 2. The van der Waals surface area contributed by atoms with Gasteiger partial charge in [-0.2, -0.15) is 0 Å². The first-order chi connectivity index (χ1) is 8.69. The van der Waals surface area contributed by atoms with E-state index in [-0.39, 0.29) is 12.1 Å². The quantitative estimate of drug-likeness (QED) is 0.812. The van der Waals surface area contributed by atoms with Crippen molar-refractivity contribution in [1.82, 2.24) is 9.88 Å². The zero-order valence-electron chi connectivity index (χ0n) is 10.5. The Kier molecular flexibility index (Phi) is 4.51. The van der Waals surface area contributed by atoms with E-state index in [2.05, 4.69) is 27.0 Å². The number of carbonyl (C=O) groups excluding carboxylic acids is 1. The monoisotopic (exact) mass is 271 g/mol. The molecular formula is C11H17N3O3S. The smallest absolute Gasteiger partial charge is 0.349 e. The number of hydrogen-bond acceptors (Lipinski definition) is 7. The van der Waals surface area contributed by atoms with Crippen molar-refractivity contribution >= 4 is 22.4 Å². The van der Waals surface area contributed by atoms with Crippen molar-refractivity contribution in [2.45, 2.75) is 6.10 Å². The minimum atomic E-state index is -0.353. The maximum Gasteiger partial charge on any atom is 0.349 e. The molecule has 0 radical (unpaired) electrons. The normalized spacial score (nSPS) is 20.7. The first kappa shape index (κ1) is 13.3. The molecule has 2 rings (SSSR count). The van der Waals surface area contributed by atoms with E-state index in [1.54, 1.807) is 0 Å². The van der Waals surface area contributed by atoms with E-state index >= 15 is 0 Å². The lowest BCUT2D eigenvalue weighted by Crippen LogP contribution is -2.43. The first-order valence-corrected chi connectivity index (χ1v) is 6.59. The summed E-state index contributed by atoms with van der Waals surface area (Å²) in [6.45, 7) is 3.33. The number of rotatable bonds is 4. The van der Waals surface area contributed by atoms with Gasteiger partial charge in [0.05, 0.1) is 26.0 Å². The van der Waals surface area contributed by atoms with Crippen molar-refractivity contribution in [2.24, 2.45) is 0 Å². The third-order valence-corrected chi connectivity index (χ3v) is 3.65. The van der Waals surface area contributed by atoms with Crippen molar-refractivity contribution in [3.63, 3.8) is 0 Å². The minimum Gasteiger partial charge on any atom is -0.465 e. The summed E-state index contributed by atoms with van der Waals surface area (Å²) < 4.78 is 10.3. The lowest BCUT2D eigenvalue weighted by Gasteiger charge is -2.29. The Morgan fingerprint density at radius 2 is 2.61 bits per heavy atom. The molecule has 1 aliphatic rings. The van der Waals surface area contributed by atoms with Crippen LogP contribution in [-0.2, 0) is 9.47 Å². The maximum atomic E-state index is 11.3. The summed E-state index contributed by atoms with van der Waals surface area (Å²) in [5.74, 6) is -0.353. The predicted molar refractivity (Wildman–Crippen MR) is 69.2 cm³/mol. The second-order valence-electron chi connectivity index (χ2n) is 4.16. The molecule has 2 heterocycles. The third-order valence-electron chi connectivity index (χ3n) is 2.72. The van der Waals surface area contributed by atoms with Crippen molar-refractivity contribution in [3.8, 4) is 0 Å². The van der Waals surface area contributed by atoms with Crippen molar-refractivity contribution in [3.05, 3.63) is 11.1 Å². The number of morpholine rings is 1. The van der Waals surface area contributed by atoms with Crippen LogP contribution in [0, 0.1) is 0 Å². The van der Waals surface area contributed by atoms with E-state index < -0.39 is 0 Å². The Balaban J connectivity index is 1.82. The number of thiazole rings is 1. The average molecular weight is 271 g/mol. The molecular weight excluding hydrogens is 254 g/mol. The Bertz CT molecular complexity index is 410. The fraction of sp³-hybridized carbons (Fsp3) is 0.636. The highest BCUT2D eigenvalue weighted by atomic mass is 32.1. The molecule has 1 saturated heterocycles. The highest BCUT2D eigenvalue weighted by Gasteiger charge is 2.18. The van der Waals surface area contributed by atoms with Gasteiger partial charge >= 0.3 is 5.97 Å². The average Bonchev–Trinajstić information content (AvgIpc) is 2.84. The zero-order valence-corrected chi connectivity index (χ0v) is 11.3. The maximum absolute atomic E-state index is 11.3. The number of anilines is 1. The molecule has 1 aromatic heterocycles. The van der Waals surface area contributed by atoms with Crippen molar-refractivity contribution < 1.29 is 14.3 Å². The van der Waals surface area contributed by atoms with Gasteiger partial charge in [0.25, 0.3) is 0 Å². The van der Waals surface area contributed by atoms with Crippen molar-refractivity contribution in [1.29, 1.82) is 0 Å². The van der Waals surface area contributed by atoms with E-state index in [0.29, 0.717) is 16.6 Å². The SMILES string of the molecule is COC(=O)c1cnc(NCC2CN(C)CCO2)s1. The van der Waals surface area contributed by atoms with Crippen LogP contribution in [0.15, 0.2) is 6.20 Å².